The van der Waals surface area contributed by atoms with Gasteiger partial charge in [-0.05, 0) is 24.3 Å². The van der Waals surface area contributed by atoms with Gasteiger partial charge in [-0.2, -0.15) is 10.2 Å². The molecule has 3 rings (SSSR count). The molecule has 0 spiro atoms. The van der Waals surface area contributed by atoms with Crippen LogP contribution >= 0.6 is 0 Å². The summed E-state index contributed by atoms with van der Waals surface area (Å²) in [4.78, 5) is 17.1. The first-order valence-electron chi connectivity index (χ1n) is 7.78. The molecule has 0 bridgehead atoms. The topological polar surface area (TPSA) is 138 Å². The molecular formula is C16H18N6O4. The molecule has 0 radical (unpaired) electrons. The maximum absolute atomic E-state index is 12.6. The lowest BCUT2D eigenvalue weighted by molar-refractivity contribution is 0.0375. The number of carbonyl (C=O) groups excluding carboxylic acids is 1. The van der Waals surface area contributed by atoms with Crippen molar-refractivity contribution in [1.82, 2.24) is 29.9 Å². The summed E-state index contributed by atoms with van der Waals surface area (Å²) in [6.45, 7) is -1.85. The molecule has 0 atom stereocenters. The highest BCUT2D eigenvalue weighted by atomic mass is 16.3. The molecule has 0 unspecified atom stereocenters. The predicted octanol–water partition coefficient (Wildman–Crippen LogP) is -1.10. The number of rotatable bonds is 7. The van der Waals surface area contributed by atoms with Crippen LogP contribution in [0.5, 0.6) is 0 Å². The number of hydrogen-bond donors (Lipinski definition) is 4. The van der Waals surface area contributed by atoms with Crippen molar-refractivity contribution in [1.29, 1.82) is 0 Å². The molecule has 0 aliphatic heterocycles. The second kappa shape index (κ2) is 7.44. The highest BCUT2D eigenvalue weighted by molar-refractivity contribution is 5.95. The Labute approximate surface area is 148 Å². The molecule has 0 saturated carbocycles. The monoisotopic (exact) mass is 358 g/mol. The van der Waals surface area contributed by atoms with Gasteiger partial charge in [0, 0.05) is 30.4 Å². The van der Waals surface area contributed by atoms with E-state index in [1.54, 1.807) is 36.9 Å². The number of aliphatic hydroxyl groups excluding tert-OH is 3. The van der Waals surface area contributed by atoms with E-state index in [-0.39, 0.29) is 5.56 Å². The lowest BCUT2D eigenvalue weighted by Gasteiger charge is -2.28. The lowest BCUT2D eigenvalue weighted by atomic mass is 10.0. The van der Waals surface area contributed by atoms with E-state index in [0.717, 1.165) is 0 Å². The van der Waals surface area contributed by atoms with Crippen molar-refractivity contribution in [2.24, 2.45) is 0 Å². The number of aromatic nitrogens is 5. The van der Waals surface area contributed by atoms with Crippen LogP contribution in [0.1, 0.15) is 10.4 Å². The maximum atomic E-state index is 12.6. The van der Waals surface area contributed by atoms with Crippen LogP contribution in [0.25, 0.3) is 11.6 Å². The second-order valence-corrected chi connectivity index (χ2v) is 5.68. The molecule has 3 aromatic heterocycles. The summed E-state index contributed by atoms with van der Waals surface area (Å²) in [6, 6.07) is 6.45. The van der Waals surface area contributed by atoms with Gasteiger partial charge in [0.1, 0.15) is 5.54 Å². The van der Waals surface area contributed by atoms with Gasteiger partial charge in [-0.25, -0.2) is 14.3 Å². The number of amides is 1. The van der Waals surface area contributed by atoms with Gasteiger partial charge < -0.3 is 20.6 Å². The van der Waals surface area contributed by atoms with Crippen molar-refractivity contribution in [2.45, 2.75) is 5.54 Å². The Morgan fingerprint density at radius 2 is 1.46 bits per heavy atom. The van der Waals surface area contributed by atoms with Crippen LogP contribution < -0.4 is 5.32 Å². The zero-order chi connectivity index (χ0) is 18.6. The summed E-state index contributed by atoms with van der Waals surface area (Å²) >= 11 is 0. The Hall–Kier alpha value is -3.08. The molecule has 0 aromatic carbocycles. The number of aliphatic hydroxyl groups is 3. The van der Waals surface area contributed by atoms with E-state index in [0.29, 0.717) is 11.6 Å². The minimum absolute atomic E-state index is 0.204. The predicted molar refractivity (Wildman–Crippen MR) is 89.9 cm³/mol. The third-order valence-corrected chi connectivity index (χ3v) is 3.83. The Morgan fingerprint density at radius 3 is 1.85 bits per heavy atom. The standard InChI is InChI=1S/C16H18N6O4/c23-9-16(10-24,11-25)20-15(26)12-7-13(21-5-1-3-17-21)19-14(8-12)22-6-2-4-18-22/h1-8,23-25H,9-11H2,(H,20,26). The van der Waals surface area contributed by atoms with Gasteiger partial charge in [0.2, 0.25) is 0 Å². The van der Waals surface area contributed by atoms with Gasteiger partial charge in [-0.1, -0.05) is 0 Å². The summed E-state index contributed by atoms with van der Waals surface area (Å²) in [7, 11) is 0. The molecule has 26 heavy (non-hydrogen) atoms. The summed E-state index contributed by atoms with van der Waals surface area (Å²) in [5, 5.41) is 38.9. The summed E-state index contributed by atoms with van der Waals surface area (Å²) in [5.74, 6) is 0.179. The van der Waals surface area contributed by atoms with Gasteiger partial charge in [0.15, 0.2) is 11.6 Å². The second-order valence-electron chi connectivity index (χ2n) is 5.68. The summed E-state index contributed by atoms with van der Waals surface area (Å²) in [5.41, 5.74) is -1.33. The van der Waals surface area contributed by atoms with E-state index in [1.165, 1.54) is 21.5 Å². The van der Waals surface area contributed by atoms with E-state index in [9.17, 15) is 20.1 Å². The van der Waals surface area contributed by atoms with Crippen LogP contribution in [-0.4, -0.2) is 71.1 Å². The molecule has 4 N–H and O–H groups in total. The van der Waals surface area contributed by atoms with E-state index in [1.807, 2.05) is 0 Å². The molecule has 0 aliphatic rings. The molecule has 3 aromatic rings. The Morgan fingerprint density at radius 1 is 0.962 bits per heavy atom. The number of pyridine rings is 1. The van der Waals surface area contributed by atoms with Crippen molar-refractivity contribution >= 4 is 5.91 Å². The zero-order valence-corrected chi connectivity index (χ0v) is 13.7. The minimum Gasteiger partial charge on any atom is -0.394 e. The zero-order valence-electron chi connectivity index (χ0n) is 13.7. The third-order valence-electron chi connectivity index (χ3n) is 3.83. The normalized spacial score (nSPS) is 11.5. The first-order chi connectivity index (χ1) is 12.6. The highest BCUT2D eigenvalue weighted by Gasteiger charge is 2.30. The third kappa shape index (κ3) is 3.47. The first kappa shape index (κ1) is 17.7. The average molecular weight is 358 g/mol. The quantitative estimate of drug-likeness (QED) is 0.420. The van der Waals surface area contributed by atoms with Crippen molar-refractivity contribution in [3.05, 3.63) is 54.6 Å². The highest BCUT2D eigenvalue weighted by Crippen LogP contribution is 2.14. The van der Waals surface area contributed by atoms with Crippen LogP contribution in [0, 0.1) is 0 Å². The SMILES string of the molecule is O=C(NC(CO)(CO)CO)c1cc(-n2cccn2)nc(-n2cccn2)c1. The number of carbonyl (C=O) groups is 1. The summed E-state index contributed by atoms with van der Waals surface area (Å²) in [6.07, 6.45) is 6.51. The van der Waals surface area contributed by atoms with Crippen LogP contribution in [-0.2, 0) is 0 Å². The van der Waals surface area contributed by atoms with Gasteiger partial charge in [0.05, 0.1) is 19.8 Å². The van der Waals surface area contributed by atoms with Gasteiger partial charge in [0.25, 0.3) is 5.91 Å². The van der Waals surface area contributed by atoms with Gasteiger partial charge in [-0.3, -0.25) is 4.79 Å². The Balaban J connectivity index is 2.02. The van der Waals surface area contributed by atoms with E-state index >= 15 is 0 Å². The largest absolute Gasteiger partial charge is 0.394 e. The van der Waals surface area contributed by atoms with Gasteiger partial charge in [-0.15, -0.1) is 0 Å². The van der Waals surface area contributed by atoms with E-state index in [2.05, 4.69) is 20.5 Å². The lowest BCUT2D eigenvalue weighted by Crippen LogP contribution is -2.57. The number of hydrogen-bond acceptors (Lipinski definition) is 7. The van der Waals surface area contributed by atoms with Crippen LogP contribution in [0.4, 0.5) is 0 Å². The van der Waals surface area contributed by atoms with Crippen LogP contribution in [0.3, 0.4) is 0 Å². The fourth-order valence-electron chi connectivity index (χ4n) is 2.26. The van der Waals surface area contributed by atoms with Crippen molar-refractivity contribution < 1.29 is 20.1 Å². The fourth-order valence-corrected chi connectivity index (χ4v) is 2.26. The van der Waals surface area contributed by atoms with Gasteiger partial charge >= 0.3 is 0 Å². The fraction of sp³-hybridized carbons (Fsp3) is 0.250. The first-order valence-corrected chi connectivity index (χ1v) is 7.78. The van der Waals surface area contributed by atoms with E-state index < -0.39 is 31.3 Å². The molecule has 0 fully saturated rings. The molecule has 10 heteroatoms. The van der Waals surface area contributed by atoms with Crippen molar-refractivity contribution in [2.75, 3.05) is 19.8 Å². The van der Waals surface area contributed by atoms with Crippen molar-refractivity contribution in [3.63, 3.8) is 0 Å². The molecule has 0 saturated heterocycles. The van der Waals surface area contributed by atoms with Crippen molar-refractivity contribution in [3.8, 4) is 11.6 Å². The average Bonchev–Trinajstić information content (AvgIpc) is 3.40. The van der Waals surface area contributed by atoms with E-state index in [4.69, 9.17) is 0 Å². The molecule has 136 valence electrons. The molecular weight excluding hydrogens is 340 g/mol. The molecule has 3 heterocycles. The molecule has 1 amide bonds. The Kier molecular flexibility index (Phi) is 5.07. The molecule has 0 aliphatic carbocycles. The smallest absolute Gasteiger partial charge is 0.252 e. The van der Waals surface area contributed by atoms with Crippen LogP contribution in [0.15, 0.2) is 49.1 Å². The minimum atomic E-state index is -1.53. The van der Waals surface area contributed by atoms with Crippen LogP contribution in [0.2, 0.25) is 0 Å². The Bertz CT molecular complexity index is 798. The summed E-state index contributed by atoms with van der Waals surface area (Å²) < 4.78 is 2.97. The molecule has 10 nitrogen and oxygen atoms in total. The number of nitrogens with one attached hydrogen (secondary N) is 1. The maximum Gasteiger partial charge on any atom is 0.252 e. The number of nitrogens with zero attached hydrogens (tertiary/aromatic N) is 5.